The average molecular weight is 197 g/mol. The summed E-state index contributed by atoms with van der Waals surface area (Å²) < 4.78 is 0. The van der Waals surface area contributed by atoms with Gasteiger partial charge in [-0.05, 0) is 33.6 Å². The third-order valence-electron chi connectivity index (χ3n) is 3.03. The highest BCUT2D eigenvalue weighted by Crippen LogP contribution is 2.28. The Kier molecular flexibility index (Phi) is 3.71. The first-order valence-corrected chi connectivity index (χ1v) is 5.76. The van der Waals surface area contributed by atoms with Crippen LogP contribution in [0.5, 0.6) is 0 Å². The molecule has 2 nitrogen and oxygen atoms in total. The largest absolute Gasteiger partial charge is 0.298 e. The van der Waals surface area contributed by atoms with Gasteiger partial charge in [-0.15, -0.1) is 0 Å². The molecule has 1 heterocycles. The molecule has 1 saturated heterocycles. The summed E-state index contributed by atoms with van der Waals surface area (Å²) in [7, 11) is 0. The van der Waals surface area contributed by atoms with Crippen LogP contribution in [-0.4, -0.2) is 28.8 Å². The molecular weight excluding hydrogens is 174 g/mol. The van der Waals surface area contributed by atoms with E-state index in [9.17, 15) is 4.79 Å². The maximum absolute atomic E-state index is 11.8. The normalized spacial score (nSPS) is 23.3. The molecule has 0 saturated carbocycles. The first-order chi connectivity index (χ1) is 6.46. The van der Waals surface area contributed by atoms with Crippen molar-refractivity contribution in [3.05, 3.63) is 0 Å². The van der Waals surface area contributed by atoms with E-state index in [4.69, 9.17) is 0 Å². The number of unbranched alkanes of at least 4 members (excludes halogenated alkanes) is 1. The van der Waals surface area contributed by atoms with Gasteiger partial charge in [-0.25, -0.2) is 0 Å². The number of nitrogens with zero attached hydrogens (tertiary/aromatic N) is 1. The summed E-state index contributed by atoms with van der Waals surface area (Å²) in [4.78, 5) is 14.1. The number of hydrogen-bond donors (Lipinski definition) is 0. The molecule has 0 bridgehead atoms. The quantitative estimate of drug-likeness (QED) is 0.690. The van der Waals surface area contributed by atoms with E-state index in [0.717, 1.165) is 32.2 Å². The zero-order valence-electron chi connectivity index (χ0n) is 9.97. The third-order valence-corrected chi connectivity index (χ3v) is 3.03. The number of carbonyl (C=O) groups excluding carboxylic acids is 1. The van der Waals surface area contributed by atoms with Crippen molar-refractivity contribution in [2.75, 3.05) is 6.54 Å². The summed E-state index contributed by atoms with van der Waals surface area (Å²) in [5.41, 5.74) is 0.158. The molecule has 0 N–H and O–H groups in total. The first-order valence-electron chi connectivity index (χ1n) is 5.76. The Morgan fingerprint density at radius 3 is 2.43 bits per heavy atom. The van der Waals surface area contributed by atoms with Crippen LogP contribution in [-0.2, 0) is 4.79 Å². The molecule has 1 aliphatic heterocycles. The predicted molar refractivity (Wildman–Crippen MR) is 59.4 cm³/mol. The molecule has 0 radical (unpaired) electrons. The first kappa shape index (κ1) is 11.7. The second-order valence-electron chi connectivity index (χ2n) is 5.24. The molecule has 0 amide bonds. The lowest BCUT2D eigenvalue weighted by Crippen LogP contribution is -2.60. The summed E-state index contributed by atoms with van der Waals surface area (Å²) in [5.74, 6) is 0.452. The second-order valence-corrected chi connectivity index (χ2v) is 5.24. The fraction of sp³-hybridized carbons (Fsp3) is 0.917. The van der Waals surface area contributed by atoms with Gasteiger partial charge in [0.25, 0.3) is 0 Å². The van der Waals surface area contributed by atoms with E-state index in [1.807, 2.05) is 0 Å². The molecule has 1 atom stereocenters. The van der Waals surface area contributed by atoms with Crippen LogP contribution in [0, 0.1) is 0 Å². The summed E-state index contributed by atoms with van der Waals surface area (Å²) in [6.07, 6.45) is 4.01. The molecule has 1 unspecified atom stereocenters. The zero-order valence-corrected chi connectivity index (χ0v) is 9.97. The Balaban J connectivity index is 2.42. The molecule has 0 spiro atoms. The number of likely N-dealkylation sites (tertiary alicyclic amines) is 1. The summed E-state index contributed by atoms with van der Waals surface area (Å²) in [6.45, 7) is 9.78. The van der Waals surface area contributed by atoms with Gasteiger partial charge in [0, 0.05) is 18.5 Å². The zero-order chi connectivity index (χ0) is 10.8. The smallest absolute Gasteiger partial charge is 0.150 e. The Labute approximate surface area is 87.7 Å². The van der Waals surface area contributed by atoms with Crippen molar-refractivity contribution in [2.24, 2.45) is 0 Å². The van der Waals surface area contributed by atoms with E-state index in [1.54, 1.807) is 0 Å². The molecular formula is C12H23NO. The lowest BCUT2D eigenvalue weighted by molar-refractivity contribution is -0.133. The van der Waals surface area contributed by atoms with Crippen molar-refractivity contribution < 1.29 is 4.79 Å². The van der Waals surface area contributed by atoms with Crippen LogP contribution in [0.1, 0.15) is 53.4 Å². The van der Waals surface area contributed by atoms with Crippen molar-refractivity contribution in [1.82, 2.24) is 4.90 Å². The fourth-order valence-electron chi connectivity index (χ4n) is 2.04. The number of rotatable bonds is 4. The molecule has 82 valence electrons. The van der Waals surface area contributed by atoms with E-state index < -0.39 is 0 Å². The van der Waals surface area contributed by atoms with Gasteiger partial charge in [0.1, 0.15) is 5.78 Å². The maximum atomic E-state index is 11.8. The molecule has 1 fully saturated rings. The van der Waals surface area contributed by atoms with Crippen molar-refractivity contribution in [2.45, 2.75) is 65.0 Å². The number of hydrogen-bond acceptors (Lipinski definition) is 2. The summed E-state index contributed by atoms with van der Waals surface area (Å²) in [6, 6.07) is 0.224. The van der Waals surface area contributed by atoms with Crippen LogP contribution in [0.15, 0.2) is 0 Å². The van der Waals surface area contributed by atoms with E-state index in [0.29, 0.717) is 5.78 Å². The predicted octanol–water partition coefficient (Wildman–Crippen LogP) is 2.62. The van der Waals surface area contributed by atoms with Gasteiger partial charge in [-0.1, -0.05) is 13.3 Å². The van der Waals surface area contributed by atoms with Crippen LogP contribution in [0.3, 0.4) is 0 Å². The lowest BCUT2D eigenvalue weighted by atomic mass is 9.89. The third kappa shape index (κ3) is 2.57. The van der Waals surface area contributed by atoms with E-state index in [2.05, 4.69) is 32.6 Å². The molecule has 0 aromatic carbocycles. The van der Waals surface area contributed by atoms with Crippen molar-refractivity contribution >= 4 is 5.78 Å². The average Bonchev–Trinajstić information content (AvgIpc) is 1.95. The van der Waals surface area contributed by atoms with Gasteiger partial charge >= 0.3 is 0 Å². The molecule has 1 aliphatic rings. The second kappa shape index (κ2) is 4.43. The Morgan fingerprint density at radius 1 is 1.43 bits per heavy atom. The van der Waals surface area contributed by atoms with E-state index >= 15 is 0 Å². The summed E-state index contributed by atoms with van der Waals surface area (Å²) >= 11 is 0. The highest BCUT2D eigenvalue weighted by molar-refractivity contribution is 5.84. The van der Waals surface area contributed by atoms with Gasteiger partial charge in [0.15, 0.2) is 0 Å². The van der Waals surface area contributed by atoms with Crippen LogP contribution in [0.4, 0.5) is 0 Å². The van der Waals surface area contributed by atoms with Crippen molar-refractivity contribution in [1.29, 1.82) is 0 Å². The standard InChI is InChI=1S/C12H23NO/c1-5-6-7-11(14)10-8-9-13(10)12(2,3)4/h10H,5-9H2,1-4H3. The SMILES string of the molecule is CCCCC(=O)C1CCN1C(C)(C)C. The molecule has 0 aliphatic carbocycles. The van der Waals surface area contributed by atoms with Gasteiger partial charge < -0.3 is 0 Å². The molecule has 14 heavy (non-hydrogen) atoms. The van der Waals surface area contributed by atoms with Gasteiger partial charge in [-0.2, -0.15) is 0 Å². The van der Waals surface area contributed by atoms with E-state index in [-0.39, 0.29) is 11.6 Å². The highest BCUT2D eigenvalue weighted by Gasteiger charge is 2.39. The maximum Gasteiger partial charge on any atom is 0.150 e. The topological polar surface area (TPSA) is 20.3 Å². The van der Waals surface area contributed by atoms with Crippen molar-refractivity contribution in [3.63, 3.8) is 0 Å². The van der Waals surface area contributed by atoms with Crippen molar-refractivity contribution in [3.8, 4) is 0 Å². The van der Waals surface area contributed by atoms with Crippen LogP contribution in [0.25, 0.3) is 0 Å². The lowest BCUT2D eigenvalue weighted by Gasteiger charge is -2.48. The van der Waals surface area contributed by atoms with Crippen LogP contribution < -0.4 is 0 Å². The monoisotopic (exact) mass is 197 g/mol. The highest BCUT2D eigenvalue weighted by atomic mass is 16.1. The minimum Gasteiger partial charge on any atom is -0.298 e. The molecule has 2 heteroatoms. The van der Waals surface area contributed by atoms with Crippen LogP contribution in [0.2, 0.25) is 0 Å². The molecule has 0 aromatic rings. The number of ketones is 1. The molecule has 1 rings (SSSR count). The fourth-order valence-corrected chi connectivity index (χ4v) is 2.04. The minimum absolute atomic E-state index is 0.158. The Morgan fingerprint density at radius 2 is 2.07 bits per heavy atom. The molecule has 0 aromatic heterocycles. The van der Waals surface area contributed by atoms with Gasteiger partial charge in [0.2, 0.25) is 0 Å². The van der Waals surface area contributed by atoms with Crippen LogP contribution >= 0.6 is 0 Å². The Bertz CT molecular complexity index is 205. The summed E-state index contributed by atoms with van der Waals surface area (Å²) in [5, 5.41) is 0. The Hall–Kier alpha value is -0.370. The van der Waals surface area contributed by atoms with Gasteiger partial charge in [-0.3, -0.25) is 9.69 Å². The minimum atomic E-state index is 0.158. The van der Waals surface area contributed by atoms with E-state index in [1.165, 1.54) is 0 Å². The van der Waals surface area contributed by atoms with Gasteiger partial charge in [0.05, 0.1) is 6.04 Å². The number of Topliss-reactive ketones (excluding diaryl/α,β-unsaturated/α-hetero) is 1. The number of carbonyl (C=O) groups is 1.